The highest BCUT2D eigenvalue weighted by atomic mass is 19.1. The van der Waals surface area contributed by atoms with E-state index in [9.17, 15) is 14.3 Å². The molecule has 4 fully saturated rings. The second-order valence-corrected chi connectivity index (χ2v) is 12.1. The number of rotatable bonds is 7. The van der Waals surface area contributed by atoms with Gasteiger partial charge in [-0.25, -0.2) is 9.18 Å². The van der Waals surface area contributed by atoms with Crippen LogP contribution in [0.2, 0.25) is 0 Å². The number of aliphatic hydroxyl groups is 1. The smallest absolute Gasteiger partial charge is 0.393 e. The molecule has 4 saturated carbocycles. The Hall–Kier alpha value is -1.21. The molecule has 8 atom stereocenters. The highest BCUT2D eigenvalue weighted by Crippen LogP contribution is 2.67. The largest absolute Gasteiger partial charge is 0.436 e. The molecule has 0 bridgehead atoms. The number of nitrogens with one attached hydrogen (secondary N) is 1. The molecule has 1 amide bonds. The van der Waals surface area contributed by atoms with Gasteiger partial charge in [0.05, 0.1) is 18.4 Å². The maximum atomic E-state index is 12.9. The number of nitrogens with zero attached hydrogens (tertiary/aromatic N) is 2. The van der Waals surface area contributed by atoms with E-state index in [0.717, 1.165) is 36.8 Å². The first-order valence-electron chi connectivity index (χ1n) is 13.6. The average Bonchev–Trinajstić information content (AvgIpc) is 3.17. The van der Waals surface area contributed by atoms with Gasteiger partial charge in [0.1, 0.15) is 6.67 Å². The first kappa shape index (κ1) is 25.9. The molecule has 0 radical (unpaired) electrons. The Morgan fingerprint density at radius 2 is 1.82 bits per heavy atom. The standard InChI is InChI=1S/C27H46FN3O3/c1-18(30-34-25(33)31(15-13-28)16-14-29-4)22-7-8-23-21-6-5-19-17-20(32)9-11-26(19,2)24(21)10-12-27(22,23)3/h19-24,29,32H,5-17H2,1-4H3/b30-18+/t19-,20+,21+,22-,23+,24+,26+,27-/m1/s1. The Morgan fingerprint density at radius 3 is 2.56 bits per heavy atom. The third kappa shape index (κ3) is 4.63. The number of likely N-dealkylation sites (N-methyl/N-ethyl adjacent to an activating group) is 1. The number of oxime groups is 1. The molecule has 2 N–H and O–H groups in total. The monoisotopic (exact) mass is 479 g/mol. The van der Waals surface area contributed by atoms with Crippen LogP contribution < -0.4 is 5.32 Å². The zero-order chi connectivity index (χ0) is 24.5. The van der Waals surface area contributed by atoms with Crippen LogP contribution in [-0.2, 0) is 4.84 Å². The molecule has 34 heavy (non-hydrogen) atoms. The van der Waals surface area contributed by atoms with E-state index in [2.05, 4.69) is 24.3 Å². The number of alkyl halides is 1. The number of carbonyl (C=O) groups is 1. The molecular weight excluding hydrogens is 433 g/mol. The maximum absolute atomic E-state index is 12.9. The highest BCUT2D eigenvalue weighted by molar-refractivity contribution is 5.85. The van der Waals surface area contributed by atoms with Crippen LogP contribution in [0.4, 0.5) is 9.18 Å². The van der Waals surface area contributed by atoms with Crippen molar-refractivity contribution in [3.05, 3.63) is 0 Å². The molecule has 4 aliphatic carbocycles. The van der Waals surface area contributed by atoms with Crippen molar-refractivity contribution in [3.63, 3.8) is 0 Å². The van der Waals surface area contributed by atoms with E-state index in [-0.39, 0.29) is 18.1 Å². The second kappa shape index (κ2) is 10.4. The summed E-state index contributed by atoms with van der Waals surface area (Å²) in [7, 11) is 1.80. The number of fused-ring (bicyclic) bond motifs is 5. The molecule has 0 spiro atoms. The molecule has 0 aliphatic heterocycles. The van der Waals surface area contributed by atoms with E-state index in [1.165, 1.54) is 43.4 Å². The summed E-state index contributed by atoms with van der Waals surface area (Å²) < 4.78 is 12.9. The Morgan fingerprint density at radius 1 is 1.09 bits per heavy atom. The molecule has 4 aliphatic rings. The van der Waals surface area contributed by atoms with Gasteiger partial charge in [0.25, 0.3) is 0 Å². The number of hydrogen-bond donors (Lipinski definition) is 2. The van der Waals surface area contributed by atoms with Crippen LogP contribution in [0.15, 0.2) is 5.16 Å². The minimum Gasteiger partial charge on any atom is -0.393 e. The highest BCUT2D eigenvalue weighted by Gasteiger charge is 2.60. The van der Waals surface area contributed by atoms with Gasteiger partial charge in [0, 0.05) is 19.0 Å². The molecule has 0 aromatic heterocycles. The summed E-state index contributed by atoms with van der Waals surface area (Å²) in [5, 5.41) is 17.5. The number of hydrogen-bond acceptors (Lipinski definition) is 5. The number of aliphatic hydroxyl groups excluding tert-OH is 1. The van der Waals surface area contributed by atoms with Gasteiger partial charge in [-0.05, 0) is 106 Å². The van der Waals surface area contributed by atoms with Gasteiger partial charge in [-0.2, -0.15) is 0 Å². The molecule has 194 valence electrons. The van der Waals surface area contributed by atoms with E-state index >= 15 is 0 Å². The number of amides is 1. The third-order valence-electron chi connectivity index (χ3n) is 10.7. The van der Waals surface area contributed by atoms with E-state index in [1.807, 2.05) is 6.92 Å². The Bertz CT molecular complexity index is 763. The van der Waals surface area contributed by atoms with Crippen LogP contribution in [0.5, 0.6) is 0 Å². The molecule has 4 rings (SSSR count). The minimum absolute atomic E-state index is 0.0259. The average molecular weight is 480 g/mol. The summed E-state index contributed by atoms with van der Waals surface area (Å²) in [6, 6.07) is 0. The van der Waals surface area contributed by atoms with E-state index in [0.29, 0.717) is 36.3 Å². The Kier molecular flexibility index (Phi) is 7.93. The molecule has 0 heterocycles. The molecule has 6 nitrogen and oxygen atoms in total. The minimum atomic E-state index is -0.592. The normalized spacial score (nSPS) is 41.9. The van der Waals surface area contributed by atoms with Gasteiger partial charge in [0.15, 0.2) is 0 Å². The van der Waals surface area contributed by atoms with Crippen molar-refractivity contribution in [2.75, 3.05) is 33.4 Å². The predicted molar refractivity (Wildman–Crippen MR) is 132 cm³/mol. The van der Waals surface area contributed by atoms with Gasteiger partial charge >= 0.3 is 6.09 Å². The van der Waals surface area contributed by atoms with Crippen molar-refractivity contribution in [3.8, 4) is 0 Å². The van der Waals surface area contributed by atoms with Crippen molar-refractivity contribution >= 4 is 11.8 Å². The van der Waals surface area contributed by atoms with Crippen molar-refractivity contribution in [1.29, 1.82) is 0 Å². The van der Waals surface area contributed by atoms with Crippen molar-refractivity contribution in [2.24, 2.45) is 45.6 Å². The van der Waals surface area contributed by atoms with Crippen LogP contribution in [0.3, 0.4) is 0 Å². The molecule has 7 heteroatoms. The molecule has 0 unspecified atom stereocenters. The first-order valence-corrected chi connectivity index (χ1v) is 13.6. The van der Waals surface area contributed by atoms with E-state index in [4.69, 9.17) is 4.84 Å². The van der Waals surface area contributed by atoms with E-state index in [1.54, 1.807) is 7.05 Å². The van der Waals surface area contributed by atoms with Crippen molar-refractivity contribution < 1.29 is 19.1 Å². The number of carbonyl (C=O) groups excluding carboxylic acids is 1. The molecular formula is C27H46FN3O3. The summed E-state index contributed by atoms with van der Waals surface area (Å²) in [6.45, 7) is 7.40. The van der Waals surface area contributed by atoms with Crippen LogP contribution in [0.25, 0.3) is 0 Å². The summed E-state index contributed by atoms with van der Waals surface area (Å²) >= 11 is 0. The van der Waals surface area contributed by atoms with Crippen LogP contribution in [-0.4, -0.2) is 61.3 Å². The fourth-order valence-electron chi connectivity index (χ4n) is 8.80. The number of halogens is 1. The van der Waals surface area contributed by atoms with Crippen LogP contribution in [0.1, 0.15) is 78.6 Å². The van der Waals surface area contributed by atoms with Gasteiger partial charge in [-0.1, -0.05) is 19.0 Å². The fraction of sp³-hybridized carbons (Fsp3) is 0.926. The quantitative estimate of drug-likeness (QED) is 0.306. The predicted octanol–water partition coefficient (Wildman–Crippen LogP) is 5.01. The fourth-order valence-corrected chi connectivity index (χ4v) is 8.80. The van der Waals surface area contributed by atoms with Crippen molar-refractivity contribution in [2.45, 2.75) is 84.7 Å². The van der Waals surface area contributed by atoms with Crippen LogP contribution in [0, 0.1) is 40.4 Å². The lowest BCUT2D eigenvalue weighted by Crippen LogP contribution is -2.54. The molecule has 0 aromatic carbocycles. The maximum Gasteiger partial charge on any atom is 0.436 e. The first-order chi connectivity index (χ1) is 16.2. The third-order valence-corrected chi connectivity index (χ3v) is 10.7. The van der Waals surface area contributed by atoms with Gasteiger partial charge in [-0.15, -0.1) is 0 Å². The molecule has 0 saturated heterocycles. The zero-order valence-electron chi connectivity index (χ0n) is 21.7. The summed E-state index contributed by atoms with van der Waals surface area (Å²) in [6.07, 6.45) is 9.80. The lowest BCUT2D eigenvalue weighted by atomic mass is 9.44. The second-order valence-electron chi connectivity index (χ2n) is 12.1. The lowest BCUT2D eigenvalue weighted by molar-refractivity contribution is -0.123. The summed E-state index contributed by atoms with van der Waals surface area (Å²) in [5.41, 5.74) is 1.49. The van der Waals surface area contributed by atoms with E-state index < -0.39 is 12.8 Å². The van der Waals surface area contributed by atoms with Crippen LogP contribution >= 0.6 is 0 Å². The van der Waals surface area contributed by atoms with Crippen molar-refractivity contribution in [1.82, 2.24) is 10.2 Å². The van der Waals surface area contributed by atoms with Gasteiger partial charge in [0.2, 0.25) is 0 Å². The zero-order valence-corrected chi connectivity index (χ0v) is 21.7. The van der Waals surface area contributed by atoms with Gasteiger partial charge in [-0.3, -0.25) is 4.84 Å². The SMILES string of the molecule is CNCCN(CCF)C(=O)O/N=C(\C)[C@H]1CC[C@H]2[C@@H]3CC[C@@H]4C[C@@H](O)CC[C@]4(C)[C@H]3CC[C@]12C. The Labute approximate surface area is 205 Å². The summed E-state index contributed by atoms with van der Waals surface area (Å²) in [4.78, 5) is 19.2. The molecule has 0 aromatic rings. The van der Waals surface area contributed by atoms with Gasteiger partial charge < -0.3 is 15.3 Å². The Balaban J connectivity index is 1.43. The summed E-state index contributed by atoms with van der Waals surface area (Å²) in [5.74, 6) is 3.23. The lowest BCUT2D eigenvalue weighted by Gasteiger charge is -2.61. The topological polar surface area (TPSA) is 74.2 Å².